The van der Waals surface area contributed by atoms with Crippen LogP contribution in [0.25, 0.3) is 0 Å². The predicted octanol–water partition coefficient (Wildman–Crippen LogP) is 1.60. The van der Waals surface area contributed by atoms with Crippen LogP contribution in [0.1, 0.15) is 30.9 Å². The van der Waals surface area contributed by atoms with Gasteiger partial charge >= 0.3 is 0 Å². The molecule has 0 aliphatic carbocycles. The SMILES string of the molecule is CCN1CCC(CNCc2cccc(C(N)=NO)c2)CC1. The van der Waals surface area contributed by atoms with E-state index in [0.717, 1.165) is 30.1 Å². The molecule has 4 N–H and O–H groups in total. The smallest absolute Gasteiger partial charge is 0.170 e. The maximum atomic E-state index is 8.71. The molecule has 0 spiro atoms. The maximum absolute atomic E-state index is 8.71. The highest BCUT2D eigenvalue weighted by Gasteiger charge is 2.17. The largest absolute Gasteiger partial charge is 0.409 e. The second kappa shape index (κ2) is 8.00. The zero-order valence-corrected chi connectivity index (χ0v) is 12.8. The van der Waals surface area contributed by atoms with E-state index in [4.69, 9.17) is 10.9 Å². The summed E-state index contributed by atoms with van der Waals surface area (Å²) in [5.41, 5.74) is 7.52. The summed E-state index contributed by atoms with van der Waals surface area (Å²) in [5, 5.41) is 15.3. The van der Waals surface area contributed by atoms with Gasteiger partial charge in [0.1, 0.15) is 0 Å². The Morgan fingerprint density at radius 1 is 1.43 bits per heavy atom. The molecule has 1 fully saturated rings. The Bertz CT molecular complexity index is 467. The van der Waals surface area contributed by atoms with Gasteiger partial charge in [-0.3, -0.25) is 0 Å². The second-order valence-corrected chi connectivity index (χ2v) is 5.69. The fourth-order valence-corrected chi connectivity index (χ4v) is 2.83. The number of piperidine rings is 1. The van der Waals surface area contributed by atoms with Crippen molar-refractivity contribution in [2.24, 2.45) is 16.8 Å². The zero-order valence-electron chi connectivity index (χ0n) is 12.8. The minimum absolute atomic E-state index is 0.156. The monoisotopic (exact) mass is 290 g/mol. The second-order valence-electron chi connectivity index (χ2n) is 5.69. The average Bonchev–Trinajstić information content (AvgIpc) is 2.55. The summed E-state index contributed by atoms with van der Waals surface area (Å²) in [6.07, 6.45) is 2.57. The van der Waals surface area contributed by atoms with Crippen LogP contribution in [-0.4, -0.2) is 42.1 Å². The van der Waals surface area contributed by atoms with E-state index >= 15 is 0 Å². The summed E-state index contributed by atoms with van der Waals surface area (Å²) < 4.78 is 0. The molecule has 0 bridgehead atoms. The number of rotatable bonds is 6. The molecule has 5 heteroatoms. The fraction of sp³-hybridized carbons (Fsp3) is 0.562. The van der Waals surface area contributed by atoms with Crippen molar-refractivity contribution in [3.05, 3.63) is 35.4 Å². The lowest BCUT2D eigenvalue weighted by Gasteiger charge is -2.31. The van der Waals surface area contributed by atoms with Gasteiger partial charge in [0.15, 0.2) is 5.84 Å². The third kappa shape index (κ3) is 4.72. The van der Waals surface area contributed by atoms with Crippen molar-refractivity contribution in [1.29, 1.82) is 0 Å². The summed E-state index contributed by atoms with van der Waals surface area (Å²) in [5.74, 6) is 0.934. The van der Waals surface area contributed by atoms with Gasteiger partial charge < -0.3 is 21.2 Å². The van der Waals surface area contributed by atoms with Gasteiger partial charge in [0, 0.05) is 12.1 Å². The van der Waals surface area contributed by atoms with Crippen molar-refractivity contribution in [2.45, 2.75) is 26.3 Å². The summed E-state index contributed by atoms with van der Waals surface area (Å²) in [6, 6.07) is 7.80. The van der Waals surface area contributed by atoms with Crippen molar-refractivity contribution >= 4 is 5.84 Å². The van der Waals surface area contributed by atoms with Crippen molar-refractivity contribution < 1.29 is 5.21 Å². The number of likely N-dealkylation sites (tertiary alicyclic amines) is 1. The highest BCUT2D eigenvalue weighted by Crippen LogP contribution is 2.16. The Morgan fingerprint density at radius 3 is 2.86 bits per heavy atom. The van der Waals surface area contributed by atoms with Crippen LogP contribution in [0.3, 0.4) is 0 Å². The molecule has 116 valence electrons. The van der Waals surface area contributed by atoms with E-state index in [1.54, 1.807) is 0 Å². The van der Waals surface area contributed by atoms with E-state index < -0.39 is 0 Å². The number of oxime groups is 1. The van der Waals surface area contributed by atoms with Crippen LogP contribution in [0.15, 0.2) is 29.4 Å². The molecule has 1 aromatic rings. The fourth-order valence-electron chi connectivity index (χ4n) is 2.83. The molecule has 0 aromatic heterocycles. The van der Waals surface area contributed by atoms with E-state index in [2.05, 4.69) is 28.4 Å². The van der Waals surface area contributed by atoms with Gasteiger partial charge in [-0.1, -0.05) is 30.3 Å². The van der Waals surface area contributed by atoms with Crippen LogP contribution in [0.4, 0.5) is 0 Å². The van der Waals surface area contributed by atoms with Gasteiger partial charge in [-0.05, 0) is 56.6 Å². The van der Waals surface area contributed by atoms with E-state index in [1.165, 1.54) is 32.5 Å². The van der Waals surface area contributed by atoms with Crippen molar-refractivity contribution in [3.8, 4) is 0 Å². The van der Waals surface area contributed by atoms with Gasteiger partial charge in [-0.15, -0.1) is 0 Å². The van der Waals surface area contributed by atoms with Crippen LogP contribution in [0.5, 0.6) is 0 Å². The van der Waals surface area contributed by atoms with E-state index in [-0.39, 0.29) is 5.84 Å². The molecule has 0 saturated carbocycles. The molecule has 0 atom stereocenters. The molecule has 0 unspecified atom stereocenters. The van der Waals surface area contributed by atoms with Crippen molar-refractivity contribution in [3.63, 3.8) is 0 Å². The van der Waals surface area contributed by atoms with Crippen LogP contribution in [-0.2, 0) is 6.54 Å². The standard InChI is InChI=1S/C16H26N4O/c1-2-20-8-6-13(7-9-20)11-18-12-14-4-3-5-15(10-14)16(17)19-21/h3-5,10,13,18,21H,2,6-9,11-12H2,1H3,(H2,17,19). The zero-order chi connectivity index (χ0) is 15.1. The third-order valence-corrected chi connectivity index (χ3v) is 4.25. The molecule has 1 heterocycles. The number of hydrogen-bond acceptors (Lipinski definition) is 4. The van der Waals surface area contributed by atoms with Gasteiger partial charge in [0.05, 0.1) is 0 Å². The van der Waals surface area contributed by atoms with Crippen LogP contribution < -0.4 is 11.1 Å². The highest BCUT2D eigenvalue weighted by atomic mass is 16.4. The molecule has 5 nitrogen and oxygen atoms in total. The van der Waals surface area contributed by atoms with Gasteiger partial charge in [0.2, 0.25) is 0 Å². The van der Waals surface area contributed by atoms with Crippen LogP contribution in [0, 0.1) is 5.92 Å². The Kier molecular flexibility index (Phi) is 6.02. The molecular weight excluding hydrogens is 264 g/mol. The number of nitrogens with one attached hydrogen (secondary N) is 1. The Morgan fingerprint density at radius 2 is 2.19 bits per heavy atom. The quantitative estimate of drug-likeness (QED) is 0.322. The number of benzene rings is 1. The summed E-state index contributed by atoms with van der Waals surface area (Å²) in [4.78, 5) is 2.51. The lowest BCUT2D eigenvalue weighted by molar-refractivity contribution is 0.190. The molecular formula is C16H26N4O. The molecule has 1 aromatic carbocycles. The first-order chi connectivity index (χ1) is 10.2. The van der Waals surface area contributed by atoms with Gasteiger partial charge in [-0.2, -0.15) is 0 Å². The maximum Gasteiger partial charge on any atom is 0.170 e. The normalized spacial score (nSPS) is 18.0. The molecule has 0 amide bonds. The van der Waals surface area contributed by atoms with Crippen LogP contribution in [0.2, 0.25) is 0 Å². The summed E-state index contributed by atoms with van der Waals surface area (Å²) >= 11 is 0. The lowest BCUT2D eigenvalue weighted by Crippen LogP contribution is -2.36. The minimum atomic E-state index is 0.156. The number of nitrogens with two attached hydrogens (primary N) is 1. The first kappa shape index (κ1) is 15.8. The Hall–Kier alpha value is -1.59. The number of hydrogen-bond donors (Lipinski definition) is 3. The van der Waals surface area contributed by atoms with Crippen molar-refractivity contribution in [1.82, 2.24) is 10.2 Å². The Balaban J connectivity index is 1.76. The molecule has 1 aliphatic heterocycles. The minimum Gasteiger partial charge on any atom is -0.409 e. The van der Waals surface area contributed by atoms with Crippen LogP contribution >= 0.6 is 0 Å². The number of nitrogens with zero attached hydrogens (tertiary/aromatic N) is 2. The number of amidine groups is 1. The first-order valence-electron chi connectivity index (χ1n) is 7.72. The first-order valence-corrected chi connectivity index (χ1v) is 7.72. The van der Waals surface area contributed by atoms with Gasteiger partial charge in [0.25, 0.3) is 0 Å². The molecule has 1 saturated heterocycles. The van der Waals surface area contributed by atoms with E-state index in [0.29, 0.717) is 0 Å². The summed E-state index contributed by atoms with van der Waals surface area (Å²) in [7, 11) is 0. The molecule has 21 heavy (non-hydrogen) atoms. The molecule has 2 rings (SSSR count). The van der Waals surface area contributed by atoms with E-state index in [1.807, 2.05) is 18.2 Å². The lowest BCUT2D eigenvalue weighted by atomic mass is 9.97. The Labute approximate surface area is 126 Å². The third-order valence-electron chi connectivity index (χ3n) is 4.25. The van der Waals surface area contributed by atoms with Gasteiger partial charge in [-0.25, -0.2) is 0 Å². The van der Waals surface area contributed by atoms with E-state index in [9.17, 15) is 0 Å². The predicted molar refractivity (Wildman–Crippen MR) is 85.5 cm³/mol. The molecule has 0 radical (unpaired) electrons. The topological polar surface area (TPSA) is 73.9 Å². The van der Waals surface area contributed by atoms with Crippen molar-refractivity contribution in [2.75, 3.05) is 26.2 Å². The average molecular weight is 290 g/mol. The molecule has 1 aliphatic rings. The summed E-state index contributed by atoms with van der Waals surface area (Å²) in [6.45, 7) is 7.73. The highest BCUT2D eigenvalue weighted by molar-refractivity contribution is 5.97.